The smallest absolute Gasteiger partial charge is 0.223 e. The van der Waals surface area contributed by atoms with Crippen molar-refractivity contribution in [3.05, 3.63) is 23.3 Å². The van der Waals surface area contributed by atoms with Gasteiger partial charge in [0.05, 0.1) is 20.3 Å². The average molecular weight is 406 g/mol. The number of ether oxygens (including phenoxy) is 2. The second-order valence-corrected chi connectivity index (χ2v) is 7.81. The Morgan fingerprint density at radius 2 is 1.86 bits per heavy atom. The Balaban J connectivity index is 1.86. The Morgan fingerprint density at radius 1 is 1.18 bits per heavy atom. The van der Waals surface area contributed by atoms with Gasteiger partial charge >= 0.3 is 0 Å². The molecule has 154 valence electrons. The molecule has 1 aromatic rings. The van der Waals surface area contributed by atoms with E-state index in [1.807, 2.05) is 19.1 Å². The highest BCUT2D eigenvalue weighted by molar-refractivity contribution is 7.80. The molecule has 1 aliphatic heterocycles. The Hall–Kier alpha value is -2.02. The molecule has 1 saturated carbocycles. The summed E-state index contributed by atoms with van der Waals surface area (Å²) < 4.78 is 11.0. The maximum atomic E-state index is 12.6. The summed E-state index contributed by atoms with van der Waals surface area (Å²) in [6.07, 6.45) is 5.17. The molecule has 6 nitrogen and oxygen atoms in total. The van der Waals surface area contributed by atoms with Crippen LogP contribution in [-0.2, 0) is 11.2 Å². The lowest BCUT2D eigenvalue weighted by atomic mass is 9.91. The fraction of sp³-hybridized carbons (Fsp3) is 0.619. The molecule has 1 aromatic carbocycles. The van der Waals surface area contributed by atoms with Gasteiger partial charge in [-0.15, -0.1) is 0 Å². The number of fused-ring (bicyclic) bond motifs is 1. The van der Waals surface area contributed by atoms with Crippen molar-refractivity contribution in [1.29, 1.82) is 0 Å². The molecule has 1 amide bonds. The molecule has 1 atom stereocenters. The lowest BCUT2D eigenvalue weighted by Crippen LogP contribution is -2.49. The highest BCUT2D eigenvalue weighted by atomic mass is 32.1. The zero-order chi connectivity index (χ0) is 20.1. The van der Waals surface area contributed by atoms with Gasteiger partial charge in [-0.3, -0.25) is 4.79 Å². The molecule has 2 N–H and O–H groups in total. The van der Waals surface area contributed by atoms with E-state index in [1.165, 1.54) is 5.56 Å². The van der Waals surface area contributed by atoms with Gasteiger partial charge in [0.2, 0.25) is 5.91 Å². The Kier molecular flexibility index (Phi) is 6.99. The Morgan fingerprint density at radius 3 is 2.50 bits per heavy atom. The Bertz CT molecular complexity index is 719. The van der Waals surface area contributed by atoms with E-state index < -0.39 is 0 Å². The molecule has 3 rings (SSSR count). The topological polar surface area (TPSA) is 62.8 Å². The van der Waals surface area contributed by atoms with Crippen LogP contribution in [0.5, 0.6) is 11.5 Å². The minimum atomic E-state index is -0.0274. The molecule has 0 radical (unpaired) electrons. The number of hydrogen-bond acceptors (Lipinski definition) is 4. The molecule has 0 spiro atoms. The first-order valence-electron chi connectivity index (χ1n) is 10.2. The van der Waals surface area contributed by atoms with Gasteiger partial charge in [-0.25, -0.2) is 0 Å². The summed E-state index contributed by atoms with van der Waals surface area (Å²) in [7, 11) is 3.30. The van der Waals surface area contributed by atoms with Gasteiger partial charge in [-0.1, -0.05) is 12.8 Å². The zero-order valence-electron chi connectivity index (χ0n) is 17.0. The lowest BCUT2D eigenvalue weighted by Gasteiger charge is -2.39. The van der Waals surface area contributed by atoms with Crippen molar-refractivity contribution in [2.24, 2.45) is 5.92 Å². The number of carbonyl (C=O) groups is 1. The maximum absolute atomic E-state index is 12.6. The molecule has 1 aliphatic carbocycles. The molecule has 0 saturated heterocycles. The number of rotatable bonds is 6. The highest BCUT2D eigenvalue weighted by Crippen LogP contribution is 2.38. The summed E-state index contributed by atoms with van der Waals surface area (Å²) in [5.41, 5.74) is 2.35. The van der Waals surface area contributed by atoms with Gasteiger partial charge in [-0.05, 0) is 61.7 Å². The van der Waals surface area contributed by atoms with Crippen LogP contribution in [-0.4, -0.2) is 49.8 Å². The third kappa shape index (κ3) is 4.35. The van der Waals surface area contributed by atoms with Crippen LogP contribution in [0.3, 0.4) is 0 Å². The molecule has 28 heavy (non-hydrogen) atoms. The first-order valence-corrected chi connectivity index (χ1v) is 10.6. The van der Waals surface area contributed by atoms with Crippen LogP contribution >= 0.6 is 12.2 Å². The fourth-order valence-corrected chi connectivity index (χ4v) is 4.64. The number of amides is 1. The van der Waals surface area contributed by atoms with Crippen LogP contribution in [0.25, 0.3) is 0 Å². The molecule has 1 heterocycles. The summed E-state index contributed by atoms with van der Waals surface area (Å²) in [6, 6.07) is 4.05. The second-order valence-electron chi connectivity index (χ2n) is 7.43. The summed E-state index contributed by atoms with van der Waals surface area (Å²) >= 11 is 5.62. The van der Waals surface area contributed by atoms with Gasteiger partial charge in [-0.2, -0.15) is 0 Å². The van der Waals surface area contributed by atoms with E-state index >= 15 is 0 Å². The Labute approximate surface area is 173 Å². The van der Waals surface area contributed by atoms with Gasteiger partial charge in [0.25, 0.3) is 0 Å². The number of methoxy groups -OCH3 is 2. The van der Waals surface area contributed by atoms with Gasteiger partial charge in [0.15, 0.2) is 16.6 Å². The van der Waals surface area contributed by atoms with Gasteiger partial charge < -0.3 is 25.0 Å². The maximum Gasteiger partial charge on any atom is 0.223 e. The summed E-state index contributed by atoms with van der Waals surface area (Å²) in [5.74, 6) is 1.75. The van der Waals surface area contributed by atoms with E-state index in [0.29, 0.717) is 12.3 Å². The van der Waals surface area contributed by atoms with Crippen LogP contribution in [0.15, 0.2) is 12.1 Å². The number of thiocarbonyl (C=S) groups is 1. The van der Waals surface area contributed by atoms with E-state index in [1.54, 1.807) is 14.2 Å². The average Bonchev–Trinajstić information content (AvgIpc) is 3.25. The van der Waals surface area contributed by atoms with Gasteiger partial charge in [0.1, 0.15) is 0 Å². The molecule has 1 unspecified atom stereocenters. The molecule has 7 heteroatoms. The lowest BCUT2D eigenvalue weighted by molar-refractivity contribution is -0.125. The second kappa shape index (κ2) is 9.45. The van der Waals surface area contributed by atoms with E-state index in [9.17, 15) is 4.79 Å². The van der Waals surface area contributed by atoms with Gasteiger partial charge in [0, 0.05) is 25.6 Å². The monoisotopic (exact) mass is 405 g/mol. The van der Waals surface area contributed by atoms with E-state index in [2.05, 4.69) is 15.5 Å². The predicted octanol–water partition coefficient (Wildman–Crippen LogP) is 2.80. The SMILES string of the molecule is CCNC(=S)N1CCc2cc(OC)c(OC)cc2C1CNC(=O)C1CCCC1. The molecule has 0 aromatic heterocycles. The normalized spacial score (nSPS) is 19.1. The molecular formula is C21H31N3O3S. The third-order valence-corrected chi connectivity index (χ3v) is 6.17. The summed E-state index contributed by atoms with van der Waals surface area (Å²) in [5, 5.41) is 7.17. The number of hydrogen-bond donors (Lipinski definition) is 2. The first-order chi connectivity index (χ1) is 13.6. The van der Waals surface area contributed by atoms with E-state index in [4.69, 9.17) is 21.7 Å². The van der Waals surface area contributed by atoms with Crippen molar-refractivity contribution in [3.8, 4) is 11.5 Å². The molecule has 2 aliphatic rings. The van der Waals surface area contributed by atoms with Crippen LogP contribution in [0.4, 0.5) is 0 Å². The molecule has 1 fully saturated rings. The van der Waals surface area contributed by atoms with Crippen molar-refractivity contribution < 1.29 is 14.3 Å². The summed E-state index contributed by atoms with van der Waals surface area (Å²) in [4.78, 5) is 14.8. The fourth-order valence-electron chi connectivity index (χ4n) is 4.27. The van der Waals surface area contributed by atoms with Crippen LogP contribution in [0, 0.1) is 5.92 Å². The minimum absolute atomic E-state index is 0.0274. The molecular weight excluding hydrogens is 374 g/mol. The van der Waals surface area contributed by atoms with Crippen molar-refractivity contribution >= 4 is 23.2 Å². The standard InChI is InChI=1S/C21H31N3O3S/c1-4-22-21(28)24-10-9-15-11-18(26-2)19(27-3)12-16(15)17(24)13-23-20(25)14-7-5-6-8-14/h11-12,14,17H,4-10,13H2,1-3H3,(H,22,28)(H,23,25). The summed E-state index contributed by atoms with van der Waals surface area (Å²) in [6.45, 7) is 4.14. The van der Waals surface area contributed by atoms with Crippen molar-refractivity contribution in [2.75, 3.05) is 33.9 Å². The van der Waals surface area contributed by atoms with Crippen molar-refractivity contribution in [2.45, 2.75) is 45.1 Å². The predicted molar refractivity (Wildman–Crippen MR) is 114 cm³/mol. The first kappa shape index (κ1) is 20.7. The van der Waals surface area contributed by atoms with E-state index in [0.717, 1.165) is 61.6 Å². The minimum Gasteiger partial charge on any atom is -0.493 e. The van der Waals surface area contributed by atoms with Crippen LogP contribution in [0.1, 0.15) is 49.8 Å². The van der Waals surface area contributed by atoms with Crippen molar-refractivity contribution in [3.63, 3.8) is 0 Å². The van der Waals surface area contributed by atoms with Crippen molar-refractivity contribution in [1.82, 2.24) is 15.5 Å². The highest BCUT2D eigenvalue weighted by Gasteiger charge is 2.32. The quantitative estimate of drug-likeness (QED) is 0.710. The number of nitrogens with one attached hydrogen (secondary N) is 2. The number of carbonyl (C=O) groups excluding carboxylic acids is 1. The number of benzene rings is 1. The third-order valence-electron chi connectivity index (χ3n) is 5.79. The van der Waals surface area contributed by atoms with Crippen LogP contribution in [0.2, 0.25) is 0 Å². The van der Waals surface area contributed by atoms with Crippen LogP contribution < -0.4 is 20.1 Å². The molecule has 0 bridgehead atoms. The zero-order valence-corrected chi connectivity index (χ0v) is 17.9. The van der Waals surface area contributed by atoms with E-state index in [-0.39, 0.29) is 17.9 Å². The number of nitrogens with zero attached hydrogens (tertiary/aromatic N) is 1. The largest absolute Gasteiger partial charge is 0.493 e.